The minimum absolute atomic E-state index is 0.00755. The molecule has 0 spiro atoms. The Bertz CT molecular complexity index is 363. The second-order valence-electron chi connectivity index (χ2n) is 2.81. The van der Waals surface area contributed by atoms with Gasteiger partial charge in [-0.1, -0.05) is 6.08 Å². The minimum Gasteiger partial charge on any atom is -0.361 e. The van der Waals surface area contributed by atoms with E-state index in [1.54, 1.807) is 19.2 Å². The quantitative estimate of drug-likeness (QED) is 0.450. The molecule has 74 valence electrons. The van der Waals surface area contributed by atoms with Crippen LogP contribution in [0.1, 0.15) is 5.56 Å². The van der Waals surface area contributed by atoms with Gasteiger partial charge < -0.3 is 5.32 Å². The molecule has 1 heterocycles. The predicted molar refractivity (Wildman–Crippen MR) is 54.3 cm³/mol. The fourth-order valence-corrected chi connectivity index (χ4v) is 0.998. The first-order chi connectivity index (χ1) is 6.65. The molecule has 1 N–H and O–H groups in total. The zero-order chi connectivity index (χ0) is 10.6. The smallest absolute Gasteiger partial charge is 0.311 e. The lowest BCUT2D eigenvalue weighted by atomic mass is 10.3. The van der Waals surface area contributed by atoms with Crippen molar-refractivity contribution in [2.24, 2.45) is 0 Å². The lowest BCUT2D eigenvalue weighted by Gasteiger charge is -2.03. The largest absolute Gasteiger partial charge is 0.361 e. The Balaban J connectivity index is 3.01. The number of rotatable bonds is 4. The second kappa shape index (κ2) is 4.36. The highest BCUT2D eigenvalue weighted by Crippen LogP contribution is 2.21. The van der Waals surface area contributed by atoms with Crippen LogP contribution in [0.2, 0.25) is 0 Å². The van der Waals surface area contributed by atoms with E-state index >= 15 is 0 Å². The van der Waals surface area contributed by atoms with Gasteiger partial charge in [-0.2, -0.15) is 0 Å². The summed E-state index contributed by atoms with van der Waals surface area (Å²) in [4.78, 5) is 14.1. The van der Waals surface area contributed by atoms with Crippen LogP contribution < -0.4 is 5.32 Å². The molecular formula is C9H11N3O2. The van der Waals surface area contributed by atoms with Gasteiger partial charge in [0.2, 0.25) is 5.82 Å². The van der Waals surface area contributed by atoms with E-state index in [2.05, 4.69) is 16.9 Å². The molecule has 1 aromatic rings. The van der Waals surface area contributed by atoms with Crippen LogP contribution in [-0.2, 0) is 0 Å². The number of nitrogens with zero attached hydrogens (tertiary/aromatic N) is 2. The molecule has 0 saturated heterocycles. The predicted octanol–water partition coefficient (Wildman–Crippen LogP) is 1.90. The lowest BCUT2D eigenvalue weighted by molar-refractivity contribution is -0.384. The van der Waals surface area contributed by atoms with Gasteiger partial charge in [-0.25, -0.2) is 4.98 Å². The van der Waals surface area contributed by atoms with Crippen molar-refractivity contribution in [3.8, 4) is 0 Å². The Hall–Kier alpha value is -1.91. The van der Waals surface area contributed by atoms with Gasteiger partial charge in [-0.3, -0.25) is 10.1 Å². The maximum absolute atomic E-state index is 10.6. The fourth-order valence-electron chi connectivity index (χ4n) is 0.998. The summed E-state index contributed by atoms with van der Waals surface area (Å²) in [6, 6.07) is 1.48. The van der Waals surface area contributed by atoms with Gasteiger partial charge in [-0.05, 0) is 12.5 Å². The monoisotopic (exact) mass is 193 g/mol. The van der Waals surface area contributed by atoms with Gasteiger partial charge in [0, 0.05) is 18.8 Å². The Morgan fingerprint density at radius 2 is 2.50 bits per heavy atom. The molecule has 14 heavy (non-hydrogen) atoms. The molecule has 0 radical (unpaired) electrons. The van der Waals surface area contributed by atoms with Crippen LogP contribution >= 0.6 is 0 Å². The SMILES string of the molecule is C=CCNc1ncc(C)cc1[N+](=O)[O-]. The second-order valence-corrected chi connectivity index (χ2v) is 2.81. The molecule has 0 bridgehead atoms. The van der Waals surface area contributed by atoms with E-state index in [9.17, 15) is 10.1 Å². The topological polar surface area (TPSA) is 68.1 Å². The first-order valence-corrected chi connectivity index (χ1v) is 4.11. The molecule has 0 unspecified atom stereocenters. The van der Waals surface area contributed by atoms with Crippen LogP contribution in [0.5, 0.6) is 0 Å². The molecule has 0 aliphatic rings. The molecule has 0 amide bonds. The third-order valence-corrected chi connectivity index (χ3v) is 1.61. The van der Waals surface area contributed by atoms with Crippen LogP contribution in [0.25, 0.3) is 0 Å². The highest BCUT2D eigenvalue weighted by Gasteiger charge is 2.14. The van der Waals surface area contributed by atoms with E-state index < -0.39 is 4.92 Å². The van der Waals surface area contributed by atoms with Crippen LogP contribution in [0, 0.1) is 17.0 Å². The summed E-state index contributed by atoms with van der Waals surface area (Å²) < 4.78 is 0. The van der Waals surface area contributed by atoms with Crippen molar-refractivity contribution < 1.29 is 4.92 Å². The lowest BCUT2D eigenvalue weighted by Crippen LogP contribution is -2.04. The zero-order valence-electron chi connectivity index (χ0n) is 7.86. The normalized spacial score (nSPS) is 9.50. The molecule has 0 atom stereocenters. The van der Waals surface area contributed by atoms with Crippen molar-refractivity contribution in [1.29, 1.82) is 0 Å². The summed E-state index contributed by atoms with van der Waals surface area (Å²) >= 11 is 0. The Morgan fingerprint density at radius 1 is 1.79 bits per heavy atom. The zero-order valence-corrected chi connectivity index (χ0v) is 7.86. The molecule has 0 fully saturated rings. The molecule has 5 heteroatoms. The van der Waals surface area contributed by atoms with Crippen molar-refractivity contribution in [2.45, 2.75) is 6.92 Å². The van der Waals surface area contributed by atoms with Crippen molar-refractivity contribution in [2.75, 3.05) is 11.9 Å². The third kappa shape index (κ3) is 2.29. The number of aromatic nitrogens is 1. The first-order valence-electron chi connectivity index (χ1n) is 4.11. The summed E-state index contributed by atoms with van der Waals surface area (Å²) in [5, 5.41) is 13.4. The average molecular weight is 193 g/mol. The Morgan fingerprint density at radius 3 is 3.07 bits per heavy atom. The molecule has 0 aliphatic heterocycles. The highest BCUT2D eigenvalue weighted by molar-refractivity contribution is 5.56. The molecular weight excluding hydrogens is 182 g/mol. The number of pyridine rings is 1. The summed E-state index contributed by atoms with van der Waals surface area (Å²) in [5.74, 6) is 0.278. The van der Waals surface area contributed by atoms with Crippen molar-refractivity contribution in [1.82, 2.24) is 4.98 Å². The maximum atomic E-state index is 10.6. The standard InChI is InChI=1S/C9H11N3O2/c1-3-4-10-9-8(12(13)14)5-7(2)6-11-9/h3,5-6H,1,4H2,2H3,(H,10,11). The van der Waals surface area contributed by atoms with Crippen LogP contribution in [-0.4, -0.2) is 16.5 Å². The van der Waals surface area contributed by atoms with Gasteiger partial charge in [0.15, 0.2) is 0 Å². The first kappa shape index (κ1) is 10.2. The summed E-state index contributed by atoms with van der Waals surface area (Å²) in [6.45, 7) is 5.72. The van der Waals surface area contributed by atoms with Gasteiger partial charge in [0.05, 0.1) is 4.92 Å². The maximum Gasteiger partial charge on any atom is 0.311 e. The Labute approximate surface area is 81.6 Å². The van der Waals surface area contributed by atoms with E-state index in [4.69, 9.17) is 0 Å². The number of aryl methyl sites for hydroxylation is 1. The van der Waals surface area contributed by atoms with Crippen molar-refractivity contribution >= 4 is 11.5 Å². The molecule has 1 aromatic heterocycles. The molecule has 0 aromatic carbocycles. The fraction of sp³-hybridized carbons (Fsp3) is 0.222. The van der Waals surface area contributed by atoms with Crippen LogP contribution in [0.4, 0.5) is 11.5 Å². The van der Waals surface area contributed by atoms with E-state index in [0.29, 0.717) is 6.54 Å². The molecule has 1 rings (SSSR count). The number of hydrogen-bond donors (Lipinski definition) is 1. The van der Waals surface area contributed by atoms with Crippen LogP contribution in [0.15, 0.2) is 24.9 Å². The molecule has 0 aliphatic carbocycles. The van der Waals surface area contributed by atoms with Crippen molar-refractivity contribution in [3.05, 3.63) is 40.6 Å². The number of hydrogen-bond acceptors (Lipinski definition) is 4. The number of nitro groups is 1. The highest BCUT2D eigenvalue weighted by atomic mass is 16.6. The van der Waals surface area contributed by atoms with Gasteiger partial charge in [0.1, 0.15) is 0 Å². The van der Waals surface area contributed by atoms with Crippen LogP contribution in [0.3, 0.4) is 0 Å². The van der Waals surface area contributed by atoms with E-state index in [1.165, 1.54) is 6.07 Å². The summed E-state index contributed by atoms with van der Waals surface area (Å²) in [5.41, 5.74) is 0.757. The molecule has 0 saturated carbocycles. The Kier molecular flexibility index (Phi) is 3.17. The average Bonchev–Trinajstić information content (AvgIpc) is 2.15. The van der Waals surface area contributed by atoms with Gasteiger partial charge in [-0.15, -0.1) is 6.58 Å². The van der Waals surface area contributed by atoms with Gasteiger partial charge in [0.25, 0.3) is 0 Å². The van der Waals surface area contributed by atoms with E-state index in [-0.39, 0.29) is 11.5 Å². The van der Waals surface area contributed by atoms with E-state index in [1.807, 2.05) is 0 Å². The number of anilines is 1. The van der Waals surface area contributed by atoms with Crippen molar-refractivity contribution in [3.63, 3.8) is 0 Å². The third-order valence-electron chi connectivity index (χ3n) is 1.61. The minimum atomic E-state index is -0.453. The number of nitrogens with one attached hydrogen (secondary N) is 1. The van der Waals surface area contributed by atoms with Gasteiger partial charge >= 0.3 is 5.69 Å². The van der Waals surface area contributed by atoms with E-state index in [0.717, 1.165) is 5.56 Å². The summed E-state index contributed by atoms with van der Waals surface area (Å²) in [7, 11) is 0. The molecule has 5 nitrogen and oxygen atoms in total. The summed E-state index contributed by atoms with van der Waals surface area (Å²) in [6.07, 6.45) is 3.20.